The van der Waals surface area contributed by atoms with Gasteiger partial charge in [-0.15, -0.1) is 4.99 Å². The number of hydrogen-bond donors (Lipinski definition) is 1. The minimum absolute atomic E-state index is 0.884. The van der Waals surface area contributed by atoms with Crippen LogP contribution in [-0.4, -0.2) is 14.2 Å². The van der Waals surface area contributed by atoms with Crippen LogP contribution in [-0.2, 0) is 9.88 Å². The normalized spacial score (nSPS) is 9.00. The van der Waals surface area contributed by atoms with Crippen LogP contribution in [0.1, 0.15) is 27.2 Å². The van der Waals surface area contributed by atoms with E-state index >= 15 is 0 Å². The molecule has 0 atom stereocenters. The average Bonchev–Trinajstić information content (AvgIpc) is 1.91. The van der Waals surface area contributed by atoms with Crippen molar-refractivity contribution in [2.45, 2.75) is 27.2 Å². The maximum atomic E-state index is 4.08. The summed E-state index contributed by atoms with van der Waals surface area (Å²) in [6.45, 7) is 6.64. The van der Waals surface area contributed by atoms with Crippen molar-refractivity contribution >= 4 is 0 Å². The van der Waals surface area contributed by atoms with Gasteiger partial charge in [0.2, 0.25) is 0 Å². The molecule has 0 unspecified atom stereocenters. The Balaban J connectivity index is 0. The molecule has 0 aromatic heterocycles. The highest BCUT2D eigenvalue weighted by Gasteiger charge is 1.80. The molecule has 0 aliphatic carbocycles. The van der Waals surface area contributed by atoms with Crippen molar-refractivity contribution in [3.8, 4) is 0 Å². The highest BCUT2D eigenvalue weighted by molar-refractivity contribution is 4.32. The fraction of sp³-hybridized carbons (Fsp3) is 1.00. The van der Waals surface area contributed by atoms with Crippen LogP contribution in [0.5, 0.6) is 0 Å². The lowest BCUT2D eigenvalue weighted by molar-refractivity contribution is -0.311. The van der Waals surface area contributed by atoms with Gasteiger partial charge in [-0.3, -0.25) is 0 Å². The Labute approximate surface area is 63.6 Å². The van der Waals surface area contributed by atoms with Crippen LogP contribution in [0.25, 0.3) is 0 Å². The summed E-state index contributed by atoms with van der Waals surface area (Å²) in [6.07, 6.45) is 1.31. The van der Waals surface area contributed by atoms with Crippen molar-refractivity contribution in [1.82, 2.24) is 5.48 Å². The van der Waals surface area contributed by atoms with Crippen molar-refractivity contribution in [3.63, 3.8) is 0 Å². The van der Waals surface area contributed by atoms with Crippen LogP contribution >= 0.6 is 0 Å². The minimum Gasteiger partial charge on any atom is -0.221 e. The molecular formula is C7H19NO2. The quantitative estimate of drug-likeness (QED) is 0.490. The van der Waals surface area contributed by atoms with Gasteiger partial charge in [-0.25, -0.2) is 4.89 Å². The maximum absolute atomic E-state index is 4.08. The summed E-state index contributed by atoms with van der Waals surface area (Å²) < 4.78 is 0. The number of rotatable bonds is 3. The third-order valence-electron chi connectivity index (χ3n) is 0.983. The van der Waals surface area contributed by atoms with Crippen molar-refractivity contribution in [1.29, 1.82) is 0 Å². The molecule has 0 aliphatic heterocycles. The Hall–Kier alpha value is -0.120. The maximum Gasteiger partial charge on any atom is 0.0732 e. The van der Waals surface area contributed by atoms with Crippen molar-refractivity contribution < 1.29 is 9.88 Å². The molecular weight excluding hydrogens is 130 g/mol. The molecule has 10 heavy (non-hydrogen) atoms. The first-order valence-electron chi connectivity index (χ1n) is 3.55. The van der Waals surface area contributed by atoms with Crippen LogP contribution < -0.4 is 5.48 Å². The number of hydroxylamine groups is 1. The van der Waals surface area contributed by atoms with E-state index in [4.69, 9.17) is 0 Å². The minimum atomic E-state index is 0.884. The van der Waals surface area contributed by atoms with Gasteiger partial charge < -0.3 is 0 Å². The Bertz CT molecular complexity index is 46.9. The zero-order valence-corrected chi connectivity index (χ0v) is 7.60. The third-order valence-corrected chi connectivity index (χ3v) is 0.983. The SMILES string of the molecule is CCC(C)C.CNOOC. The van der Waals surface area contributed by atoms with E-state index in [2.05, 4.69) is 36.1 Å². The molecule has 0 spiro atoms. The molecule has 0 aromatic carbocycles. The molecule has 0 amide bonds. The first-order chi connectivity index (χ1) is 4.68. The molecule has 0 fully saturated rings. The molecule has 0 aliphatic rings. The van der Waals surface area contributed by atoms with E-state index in [9.17, 15) is 0 Å². The lowest BCUT2D eigenvalue weighted by Crippen LogP contribution is -2.04. The molecule has 0 bridgehead atoms. The van der Waals surface area contributed by atoms with E-state index in [0.717, 1.165) is 5.92 Å². The average molecular weight is 149 g/mol. The molecule has 3 nitrogen and oxygen atoms in total. The van der Waals surface area contributed by atoms with E-state index in [-0.39, 0.29) is 0 Å². The highest BCUT2D eigenvalue weighted by Crippen LogP contribution is 1.93. The van der Waals surface area contributed by atoms with Crippen LogP contribution in [0.4, 0.5) is 0 Å². The summed E-state index contributed by atoms with van der Waals surface area (Å²) in [6, 6.07) is 0. The molecule has 0 saturated heterocycles. The monoisotopic (exact) mass is 149 g/mol. The van der Waals surface area contributed by atoms with Crippen molar-refractivity contribution in [3.05, 3.63) is 0 Å². The van der Waals surface area contributed by atoms with Crippen molar-refractivity contribution in [2.75, 3.05) is 14.2 Å². The third kappa shape index (κ3) is 24.8. The van der Waals surface area contributed by atoms with Gasteiger partial charge in [0, 0.05) is 7.05 Å². The first-order valence-corrected chi connectivity index (χ1v) is 3.55. The largest absolute Gasteiger partial charge is 0.221 e. The Morgan fingerprint density at radius 2 is 1.80 bits per heavy atom. The Morgan fingerprint density at radius 3 is 1.80 bits per heavy atom. The summed E-state index contributed by atoms with van der Waals surface area (Å²) in [5, 5.41) is 0. The van der Waals surface area contributed by atoms with Crippen LogP contribution in [0.15, 0.2) is 0 Å². The van der Waals surface area contributed by atoms with E-state index in [1.165, 1.54) is 13.5 Å². The van der Waals surface area contributed by atoms with Gasteiger partial charge in [0.25, 0.3) is 0 Å². The van der Waals surface area contributed by atoms with Gasteiger partial charge >= 0.3 is 0 Å². The summed E-state index contributed by atoms with van der Waals surface area (Å²) in [7, 11) is 3.04. The zero-order valence-electron chi connectivity index (χ0n) is 7.60. The van der Waals surface area contributed by atoms with Gasteiger partial charge in [0.1, 0.15) is 0 Å². The second-order valence-electron chi connectivity index (χ2n) is 2.26. The molecule has 1 N–H and O–H groups in total. The first kappa shape index (κ1) is 12.5. The van der Waals surface area contributed by atoms with E-state index in [1.807, 2.05) is 0 Å². The van der Waals surface area contributed by atoms with E-state index in [1.54, 1.807) is 7.05 Å². The predicted molar refractivity (Wildman–Crippen MR) is 42.3 cm³/mol. The summed E-state index contributed by atoms with van der Waals surface area (Å²) >= 11 is 0. The van der Waals surface area contributed by atoms with Gasteiger partial charge in [0.15, 0.2) is 0 Å². The molecule has 3 heteroatoms. The molecule has 0 aromatic rings. The summed E-state index contributed by atoms with van der Waals surface area (Å²) in [5.74, 6) is 0.884. The van der Waals surface area contributed by atoms with Crippen LogP contribution in [0, 0.1) is 5.92 Å². The summed E-state index contributed by atoms with van der Waals surface area (Å²) in [4.78, 5) is 8.16. The smallest absolute Gasteiger partial charge is 0.0732 e. The zero-order chi connectivity index (χ0) is 8.41. The van der Waals surface area contributed by atoms with Gasteiger partial charge in [-0.1, -0.05) is 27.2 Å². The molecule has 0 heterocycles. The lowest BCUT2D eigenvalue weighted by Gasteiger charge is -1.90. The highest BCUT2D eigenvalue weighted by atomic mass is 17.3. The van der Waals surface area contributed by atoms with Gasteiger partial charge in [-0.05, 0) is 5.92 Å². The second kappa shape index (κ2) is 11.6. The molecule has 64 valence electrons. The Kier molecular flexibility index (Phi) is 14.6. The summed E-state index contributed by atoms with van der Waals surface area (Å²) in [5.41, 5.74) is 2.30. The van der Waals surface area contributed by atoms with Crippen LogP contribution in [0.3, 0.4) is 0 Å². The van der Waals surface area contributed by atoms with Crippen molar-refractivity contribution in [2.24, 2.45) is 5.92 Å². The van der Waals surface area contributed by atoms with Gasteiger partial charge in [-0.2, -0.15) is 5.48 Å². The molecule has 0 rings (SSSR count). The predicted octanol–water partition coefficient (Wildman–Crippen LogP) is 1.75. The topological polar surface area (TPSA) is 30.5 Å². The fourth-order valence-electron chi connectivity index (χ4n) is 0.0833. The lowest BCUT2D eigenvalue weighted by atomic mass is 10.2. The second-order valence-corrected chi connectivity index (χ2v) is 2.26. The molecule has 0 radical (unpaired) electrons. The van der Waals surface area contributed by atoms with Crippen LogP contribution in [0.2, 0.25) is 0 Å². The molecule has 0 saturated carbocycles. The fourth-order valence-corrected chi connectivity index (χ4v) is 0.0833. The number of hydrogen-bond acceptors (Lipinski definition) is 3. The standard InChI is InChI=1S/C5H12.C2H7NO2/c1-4-5(2)3;1-3-5-4-2/h5H,4H2,1-3H3;3H,1-2H3. The number of nitrogens with one attached hydrogen (secondary N) is 1. The Morgan fingerprint density at radius 1 is 1.40 bits per heavy atom. The van der Waals surface area contributed by atoms with Gasteiger partial charge in [0.05, 0.1) is 7.11 Å². The van der Waals surface area contributed by atoms with E-state index in [0.29, 0.717) is 0 Å². The van der Waals surface area contributed by atoms with E-state index < -0.39 is 0 Å².